The quantitative estimate of drug-likeness (QED) is 0.455. The minimum atomic E-state index is -4.34. The van der Waals surface area contributed by atoms with Crippen molar-refractivity contribution >= 4 is 15.8 Å². The summed E-state index contributed by atoms with van der Waals surface area (Å²) in [7, 11) is -3.04. The Hall–Kier alpha value is -3.12. The number of rotatable bonds is 5. The topological polar surface area (TPSA) is 120 Å². The number of nitrogens with zero attached hydrogens (tertiary/aromatic N) is 2. The van der Waals surface area contributed by atoms with Gasteiger partial charge < -0.3 is 8.92 Å². The lowest BCUT2D eigenvalue weighted by Gasteiger charge is -2.13. The van der Waals surface area contributed by atoms with Crippen LogP contribution in [0.3, 0.4) is 0 Å². The number of hydrogen-bond donors (Lipinski definition) is 0. The Morgan fingerprint density at radius 2 is 1.84 bits per heavy atom. The van der Waals surface area contributed by atoms with Crippen LogP contribution < -0.4 is 8.92 Å². The lowest BCUT2D eigenvalue weighted by Crippen LogP contribution is -2.13. The fourth-order valence-corrected chi connectivity index (χ4v) is 3.41. The van der Waals surface area contributed by atoms with Crippen LogP contribution in [0.2, 0.25) is 0 Å². The molecule has 0 fully saturated rings. The summed E-state index contributed by atoms with van der Waals surface area (Å²) in [5, 5.41) is 19.9. The number of ether oxygens (including phenoxy) is 1. The molecule has 0 aromatic heterocycles. The summed E-state index contributed by atoms with van der Waals surface area (Å²) in [6, 6.07) is 8.13. The molecule has 0 aliphatic rings. The third kappa shape index (κ3) is 3.70. The molecule has 0 heterocycles. The fraction of sp³-hybridized carbons (Fsp3) is 0.188. The van der Waals surface area contributed by atoms with Crippen LogP contribution in [0.25, 0.3) is 0 Å². The zero-order valence-electron chi connectivity index (χ0n) is 13.6. The number of benzene rings is 2. The monoisotopic (exact) mass is 362 g/mol. The van der Waals surface area contributed by atoms with Crippen molar-refractivity contribution in [1.82, 2.24) is 0 Å². The average molecular weight is 362 g/mol. The standard InChI is InChI=1S/C16H14N2O6S/c1-10-6-13(18(19)20)8-16(11(10)2)25(21,22)24-14-5-4-12(9-17)7-15(14)23-3/h4-8H,1-3H3. The average Bonchev–Trinajstić information content (AvgIpc) is 2.56. The van der Waals surface area contributed by atoms with Crippen LogP contribution in [0.1, 0.15) is 16.7 Å². The Labute approximate surface area is 144 Å². The molecule has 130 valence electrons. The summed E-state index contributed by atoms with van der Waals surface area (Å²) in [6.45, 7) is 3.11. The van der Waals surface area contributed by atoms with E-state index < -0.39 is 15.0 Å². The van der Waals surface area contributed by atoms with Gasteiger partial charge in [-0.2, -0.15) is 13.7 Å². The molecule has 0 unspecified atom stereocenters. The Balaban J connectivity index is 2.54. The molecule has 0 bridgehead atoms. The molecular weight excluding hydrogens is 348 g/mol. The maximum atomic E-state index is 12.6. The first-order chi connectivity index (χ1) is 11.7. The molecule has 0 aliphatic heterocycles. The normalized spacial score (nSPS) is 10.8. The highest BCUT2D eigenvalue weighted by Crippen LogP contribution is 2.33. The first kappa shape index (κ1) is 18.2. The number of aryl methyl sites for hydroxylation is 1. The van der Waals surface area contributed by atoms with Crippen molar-refractivity contribution in [3.05, 3.63) is 57.1 Å². The molecule has 0 atom stereocenters. The van der Waals surface area contributed by atoms with Crippen LogP contribution >= 0.6 is 0 Å². The first-order valence-electron chi connectivity index (χ1n) is 6.98. The van der Waals surface area contributed by atoms with Gasteiger partial charge in [0.25, 0.3) is 5.69 Å². The molecule has 2 aromatic rings. The van der Waals surface area contributed by atoms with Gasteiger partial charge in [-0.15, -0.1) is 0 Å². The van der Waals surface area contributed by atoms with Crippen LogP contribution in [0.15, 0.2) is 35.2 Å². The molecule has 0 spiro atoms. The lowest BCUT2D eigenvalue weighted by molar-refractivity contribution is -0.385. The van der Waals surface area contributed by atoms with Crippen molar-refractivity contribution in [2.24, 2.45) is 0 Å². The number of methoxy groups -OCH3 is 1. The largest absolute Gasteiger partial charge is 0.493 e. The molecule has 0 amide bonds. The van der Waals surface area contributed by atoms with Gasteiger partial charge in [0.1, 0.15) is 4.90 Å². The number of hydrogen-bond acceptors (Lipinski definition) is 7. The number of nitro benzene ring substituents is 1. The van der Waals surface area contributed by atoms with E-state index in [1.54, 1.807) is 6.92 Å². The van der Waals surface area contributed by atoms with Gasteiger partial charge in [-0.05, 0) is 37.1 Å². The summed E-state index contributed by atoms with van der Waals surface area (Å²) in [5.74, 6) is -0.0625. The van der Waals surface area contributed by atoms with E-state index in [1.807, 2.05) is 6.07 Å². The number of non-ortho nitro benzene ring substituents is 1. The van der Waals surface area contributed by atoms with Gasteiger partial charge >= 0.3 is 10.1 Å². The molecule has 0 radical (unpaired) electrons. The molecule has 9 heteroatoms. The molecule has 25 heavy (non-hydrogen) atoms. The molecule has 0 N–H and O–H groups in total. The molecule has 0 aliphatic carbocycles. The molecule has 0 saturated heterocycles. The molecule has 0 saturated carbocycles. The smallest absolute Gasteiger partial charge is 0.339 e. The van der Waals surface area contributed by atoms with Gasteiger partial charge in [0.15, 0.2) is 11.5 Å². The maximum absolute atomic E-state index is 12.6. The molecule has 2 rings (SSSR count). The highest BCUT2D eigenvalue weighted by Gasteiger charge is 2.25. The third-order valence-corrected chi connectivity index (χ3v) is 4.94. The zero-order chi connectivity index (χ0) is 18.8. The number of nitro groups is 1. The molecule has 2 aromatic carbocycles. The second-order valence-corrected chi connectivity index (χ2v) is 6.67. The minimum absolute atomic E-state index is 0.0578. The Kier molecular flexibility index (Phi) is 4.94. The van der Waals surface area contributed by atoms with Crippen LogP contribution in [-0.4, -0.2) is 20.5 Å². The summed E-state index contributed by atoms with van der Waals surface area (Å²) < 4.78 is 35.3. The van der Waals surface area contributed by atoms with E-state index >= 15 is 0 Å². The predicted octanol–water partition coefficient (Wildman–Crippen LogP) is 2.86. The van der Waals surface area contributed by atoms with Crippen LogP contribution in [0.4, 0.5) is 5.69 Å². The van der Waals surface area contributed by atoms with Crippen molar-refractivity contribution in [1.29, 1.82) is 5.26 Å². The van der Waals surface area contributed by atoms with Crippen molar-refractivity contribution < 1.29 is 22.3 Å². The second-order valence-electron chi connectivity index (χ2n) is 5.16. The van der Waals surface area contributed by atoms with Gasteiger partial charge in [-0.3, -0.25) is 10.1 Å². The molecule has 8 nitrogen and oxygen atoms in total. The third-order valence-electron chi connectivity index (χ3n) is 3.58. The molecular formula is C16H14N2O6S. The van der Waals surface area contributed by atoms with Crippen molar-refractivity contribution in [3.63, 3.8) is 0 Å². The highest BCUT2D eigenvalue weighted by atomic mass is 32.2. The van der Waals surface area contributed by atoms with E-state index in [9.17, 15) is 18.5 Å². The Bertz CT molecular complexity index is 992. The minimum Gasteiger partial charge on any atom is -0.493 e. The maximum Gasteiger partial charge on any atom is 0.339 e. The summed E-state index contributed by atoms with van der Waals surface area (Å²) >= 11 is 0. The zero-order valence-corrected chi connectivity index (χ0v) is 14.5. The van der Waals surface area contributed by atoms with Crippen molar-refractivity contribution in [2.45, 2.75) is 18.7 Å². The lowest BCUT2D eigenvalue weighted by atomic mass is 10.1. The predicted molar refractivity (Wildman–Crippen MR) is 88.1 cm³/mol. The fourth-order valence-electron chi connectivity index (χ4n) is 2.14. The van der Waals surface area contributed by atoms with Gasteiger partial charge in [-0.1, -0.05) is 0 Å². The van der Waals surface area contributed by atoms with Gasteiger partial charge in [0.05, 0.1) is 23.7 Å². The first-order valence-corrected chi connectivity index (χ1v) is 8.38. The van der Waals surface area contributed by atoms with Crippen LogP contribution in [-0.2, 0) is 10.1 Å². The summed E-state index contributed by atoms with van der Waals surface area (Å²) in [6.07, 6.45) is 0. The van der Waals surface area contributed by atoms with E-state index in [4.69, 9.17) is 14.2 Å². The second kappa shape index (κ2) is 6.78. The highest BCUT2D eigenvalue weighted by molar-refractivity contribution is 7.87. The van der Waals surface area contributed by atoms with Gasteiger partial charge in [0.2, 0.25) is 0 Å². The van der Waals surface area contributed by atoms with Gasteiger partial charge in [-0.25, -0.2) is 0 Å². The van der Waals surface area contributed by atoms with E-state index in [-0.39, 0.29) is 27.6 Å². The summed E-state index contributed by atoms with van der Waals surface area (Å²) in [4.78, 5) is 10.0. The Morgan fingerprint density at radius 1 is 1.16 bits per heavy atom. The van der Waals surface area contributed by atoms with E-state index in [2.05, 4.69) is 0 Å². The Morgan fingerprint density at radius 3 is 2.40 bits per heavy atom. The van der Waals surface area contributed by atoms with E-state index in [0.717, 1.165) is 6.07 Å². The van der Waals surface area contributed by atoms with E-state index in [0.29, 0.717) is 11.1 Å². The summed E-state index contributed by atoms with van der Waals surface area (Å²) in [5.41, 5.74) is 0.711. The van der Waals surface area contributed by atoms with Gasteiger partial charge in [0, 0.05) is 18.2 Å². The van der Waals surface area contributed by atoms with Crippen LogP contribution in [0, 0.1) is 35.3 Å². The van der Waals surface area contributed by atoms with Crippen LogP contribution in [0.5, 0.6) is 11.5 Å². The van der Waals surface area contributed by atoms with Crippen molar-refractivity contribution in [2.75, 3.05) is 7.11 Å². The van der Waals surface area contributed by atoms with Crippen molar-refractivity contribution in [3.8, 4) is 17.6 Å². The number of nitriles is 1. The van der Waals surface area contributed by atoms with E-state index in [1.165, 1.54) is 38.3 Å². The SMILES string of the molecule is COc1cc(C#N)ccc1OS(=O)(=O)c1cc([N+](=O)[O-])cc(C)c1C.